The van der Waals surface area contributed by atoms with Crippen molar-refractivity contribution < 1.29 is 9.90 Å². The van der Waals surface area contributed by atoms with Crippen LogP contribution in [0.1, 0.15) is 78.6 Å². The second-order valence-corrected chi connectivity index (χ2v) is 9.66. The Morgan fingerprint density at radius 3 is 2.41 bits per heavy atom. The first-order chi connectivity index (χ1) is 10.3. The predicted molar refractivity (Wildman–Crippen MR) is 87.4 cm³/mol. The fourth-order valence-electron chi connectivity index (χ4n) is 7.40. The summed E-state index contributed by atoms with van der Waals surface area (Å²) in [5.74, 6) is 2.58. The SMILES string of the molecule is C[C@]12CC[C@@]3(C)[C@H](CC[C@@H]4CC(=O)CC[C@@]43C)[C@@H]1CC[C@H]2O. The highest BCUT2D eigenvalue weighted by Gasteiger charge is 2.65. The molecule has 1 N–H and O–H groups in total. The van der Waals surface area contributed by atoms with Gasteiger partial charge in [0.1, 0.15) is 5.78 Å². The monoisotopic (exact) mass is 304 g/mol. The van der Waals surface area contributed by atoms with Gasteiger partial charge >= 0.3 is 0 Å². The molecule has 7 atom stereocenters. The number of hydrogen-bond donors (Lipinski definition) is 1. The van der Waals surface area contributed by atoms with E-state index in [9.17, 15) is 9.90 Å². The molecule has 0 aromatic carbocycles. The number of fused-ring (bicyclic) bond motifs is 5. The lowest BCUT2D eigenvalue weighted by Crippen LogP contribution is -2.60. The summed E-state index contributed by atoms with van der Waals surface area (Å²) < 4.78 is 0. The molecule has 124 valence electrons. The van der Waals surface area contributed by atoms with Crippen molar-refractivity contribution in [3.05, 3.63) is 0 Å². The molecule has 0 heterocycles. The lowest BCUT2D eigenvalue weighted by Gasteiger charge is -2.66. The van der Waals surface area contributed by atoms with Gasteiger partial charge in [-0.1, -0.05) is 20.8 Å². The molecule has 0 unspecified atom stereocenters. The van der Waals surface area contributed by atoms with E-state index in [2.05, 4.69) is 20.8 Å². The largest absolute Gasteiger partial charge is 0.393 e. The van der Waals surface area contributed by atoms with Crippen LogP contribution >= 0.6 is 0 Å². The van der Waals surface area contributed by atoms with E-state index in [4.69, 9.17) is 0 Å². The van der Waals surface area contributed by atoms with Crippen LogP contribution < -0.4 is 0 Å². The minimum Gasteiger partial charge on any atom is -0.393 e. The number of aliphatic hydroxyl groups is 1. The van der Waals surface area contributed by atoms with Crippen LogP contribution in [-0.4, -0.2) is 17.0 Å². The van der Waals surface area contributed by atoms with Crippen molar-refractivity contribution in [2.75, 3.05) is 0 Å². The third kappa shape index (κ3) is 1.68. The molecule has 0 saturated heterocycles. The fraction of sp³-hybridized carbons (Fsp3) is 0.950. The summed E-state index contributed by atoms with van der Waals surface area (Å²) in [5.41, 5.74) is 0.890. The molecule has 4 rings (SSSR count). The molecule has 0 aromatic heterocycles. The van der Waals surface area contributed by atoms with E-state index in [1.807, 2.05) is 0 Å². The average Bonchev–Trinajstić information content (AvgIpc) is 2.77. The zero-order valence-corrected chi connectivity index (χ0v) is 14.5. The highest BCUT2D eigenvalue weighted by molar-refractivity contribution is 5.79. The van der Waals surface area contributed by atoms with E-state index in [0.717, 1.165) is 31.6 Å². The van der Waals surface area contributed by atoms with Crippen molar-refractivity contribution in [3.63, 3.8) is 0 Å². The summed E-state index contributed by atoms with van der Waals surface area (Å²) in [6, 6.07) is 0. The van der Waals surface area contributed by atoms with Gasteiger partial charge in [0, 0.05) is 12.8 Å². The third-order valence-electron chi connectivity index (χ3n) is 9.28. The second kappa shape index (κ2) is 4.59. The molecular formula is C20H32O2. The molecule has 0 amide bonds. The average molecular weight is 304 g/mol. The van der Waals surface area contributed by atoms with Crippen LogP contribution in [0.5, 0.6) is 0 Å². The van der Waals surface area contributed by atoms with E-state index >= 15 is 0 Å². The summed E-state index contributed by atoms with van der Waals surface area (Å²) >= 11 is 0. The maximum atomic E-state index is 12.0. The Balaban J connectivity index is 1.71. The molecule has 4 aliphatic rings. The molecule has 0 bridgehead atoms. The van der Waals surface area contributed by atoms with Crippen molar-refractivity contribution in [1.29, 1.82) is 0 Å². The Morgan fingerprint density at radius 2 is 1.64 bits per heavy atom. The summed E-state index contributed by atoms with van der Waals surface area (Å²) in [7, 11) is 0. The summed E-state index contributed by atoms with van der Waals surface area (Å²) in [5, 5.41) is 10.5. The lowest BCUT2D eigenvalue weighted by molar-refractivity contribution is -0.181. The first kappa shape index (κ1) is 15.2. The van der Waals surface area contributed by atoms with Gasteiger partial charge in [-0.15, -0.1) is 0 Å². The van der Waals surface area contributed by atoms with Gasteiger partial charge < -0.3 is 5.11 Å². The number of ketones is 1. The predicted octanol–water partition coefficient (Wildman–Crippen LogP) is 4.35. The van der Waals surface area contributed by atoms with Crippen molar-refractivity contribution in [1.82, 2.24) is 0 Å². The topological polar surface area (TPSA) is 37.3 Å². The van der Waals surface area contributed by atoms with Crippen LogP contribution in [0.3, 0.4) is 0 Å². The molecule has 0 aromatic rings. The Morgan fingerprint density at radius 1 is 0.909 bits per heavy atom. The zero-order chi connectivity index (χ0) is 15.8. The van der Waals surface area contributed by atoms with Gasteiger partial charge in [-0.25, -0.2) is 0 Å². The van der Waals surface area contributed by atoms with Crippen LogP contribution in [0, 0.1) is 34.0 Å². The standard InChI is InChI=1S/C20H32O2/c1-18-10-11-20(3)16(15(18)6-7-17(18)22)5-4-13-12-14(21)8-9-19(13,20)2/h13,15-17,22H,4-12H2,1-3H3/t13-,15+,16-,17-,18+,19+,20+/m1/s1. The third-order valence-corrected chi connectivity index (χ3v) is 9.28. The first-order valence-electron chi connectivity index (χ1n) is 9.51. The minimum atomic E-state index is -0.0829. The van der Waals surface area contributed by atoms with E-state index in [-0.39, 0.29) is 11.5 Å². The van der Waals surface area contributed by atoms with Crippen LogP contribution in [0.25, 0.3) is 0 Å². The molecule has 0 radical (unpaired) electrons. The molecule has 2 nitrogen and oxygen atoms in total. The van der Waals surface area contributed by atoms with Gasteiger partial charge in [0.05, 0.1) is 6.10 Å². The Hall–Kier alpha value is -0.370. The fourth-order valence-corrected chi connectivity index (χ4v) is 7.40. The van der Waals surface area contributed by atoms with Crippen LogP contribution in [0.2, 0.25) is 0 Å². The first-order valence-corrected chi connectivity index (χ1v) is 9.51. The molecule has 4 aliphatic carbocycles. The smallest absolute Gasteiger partial charge is 0.133 e. The van der Waals surface area contributed by atoms with E-state index in [1.165, 1.54) is 32.1 Å². The summed E-state index contributed by atoms with van der Waals surface area (Å²) in [6.45, 7) is 7.40. The molecule has 4 saturated carbocycles. The van der Waals surface area contributed by atoms with Gasteiger partial charge in [-0.3, -0.25) is 4.79 Å². The van der Waals surface area contributed by atoms with Crippen LogP contribution in [0.15, 0.2) is 0 Å². The zero-order valence-electron chi connectivity index (χ0n) is 14.5. The Labute approximate surface area is 135 Å². The summed E-state index contributed by atoms with van der Waals surface area (Å²) in [4.78, 5) is 12.0. The van der Waals surface area contributed by atoms with Crippen molar-refractivity contribution in [3.8, 4) is 0 Å². The number of rotatable bonds is 0. The van der Waals surface area contributed by atoms with E-state index in [0.29, 0.717) is 28.4 Å². The molecule has 4 fully saturated rings. The molecule has 22 heavy (non-hydrogen) atoms. The van der Waals surface area contributed by atoms with Crippen molar-refractivity contribution >= 4 is 5.78 Å². The van der Waals surface area contributed by atoms with Gasteiger partial charge in [0.25, 0.3) is 0 Å². The van der Waals surface area contributed by atoms with Crippen LogP contribution in [0.4, 0.5) is 0 Å². The maximum absolute atomic E-state index is 12.0. The van der Waals surface area contributed by atoms with Gasteiger partial charge in [0.15, 0.2) is 0 Å². The quantitative estimate of drug-likeness (QED) is 0.722. The number of carbonyl (C=O) groups is 1. The lowest BCUT2D eigenvalue weighted by atomic mass is 9.39. The number of hydrogen-bond acceptors (Lipinski definition) is 2. The van der Waals surface area contributed by atoms with Gasteiger partial charge in [-0.05, 0) is 78.9 Å². The molecular weight excluding hydrogens is 272 g/mol. The molecule has 2 heteroatoms. The number of carbonyl (C=O) groups excluding carboxylic acids is 1. The Kier molecular flexibility index (Phi) is 3.16. The van der Waals surface area contributed by atoms with Gasteiger partial charge in [-0.2, -0.15) is 0 Å². The molecule has 0 aliphatic heterocycles. The van der Waals surface area contributed by atoms with E-state index in [1.54, 1.807) is 0 Å². The molecule has 0 spiro atoms. The van der Waals surface area contributed by atoms with Crippen molar-refractivity contribution in [2.24, 2.45) is 34.0 Å². The highest BCUT2D eigenvalue weighted by Crippen LogP contribution is 2.71. The highest BCUT2D eigenvalue weighted by atomic mass is 16.3. The van der Waals surface area contributed by atoms with Crippen molar-refractivity contribution in [2.45, 2.75) is 84.7 Å². The number of aliphatic hydroxyl groups excluding tert-OH is 1. The maximum Gasteiger partial charge on any atom is 0.133 e. The summed E-state index contributed by atoms with van der Waals surface area (Å²) in [6.07, 6.45) is 9.86. The van der Waals surface area contributed by atoms with Gasteiger partial charge in [0.2, 0.25) is 0 Å². The number of Topliss-reactive ketones (excluding diaryl/α,β-unsaturated/α-hetero) is 1. The normalized spacial score (nSPS) is 57.9. The second-order valence-electron chi connectivity index (χ2n) is 9.66. The van der Waals surface area contributed by atoms with Crippen LogP contribution in [-0.2, 0) is 4.79 Å². The van der Waals surface area contributed by atoms with E-state index < -0.39 is 0 Å². The minimum absolute atomic E-state index is 0.0829. The Bertz CT molecular complexity index is 500.